The van der Waals surface area contributed by atoms with Crippen LogP contribution in [-0.2, 0) is 6.42 Å². The first-order chi connectivity index (χ1) is 11.6. The van der Waals surface area contributed by atoms with Crippen molar-refractivity contribution in [1.29, 1.82) is 0 Å². The van der Waals surface area contributed by atoms with Crippen LogP contribution in [0.25, 0.3) is 0 Å². The van der Waals surface area contributed by atoms with E-state index in [4.69, 9.17) is 9.47 Å². The molecule has 0 spiro atoms. The summed E-state index contributed by atoms with van der Waals surface area (Å²) in [6.45, 7) is 3.88. The summed E-state index contributed by atoms with van der Waals surface area (Å²) in [5.74, 6) is 1.11. The number of ether oxygens (including phenoxy) is 2. The maximum absolute atomic E-state index is 12.2. The number of methoxy groups -OCH3 is 2. The average Bonchev–Trinajstić information content (AvgIpc) is 2.65. The average molecular weight is 326 g/mol. The second-order valence-electron chi connectivity index (χ2n) is 5.25. The summed E-state index contributed by atoms with van der Waals surface area (Å²) in [5, 5.41) is 4.18. The molecule has 0 heterocycles. The molecule has 24 heavy (non-hydrogen) atoms. The summed E-state index contributed by atoms with van der Waals surface area (Å²) in [4.78, 5) is 12.2. The highest BCUT2D eigenvalue weighted by atomic mass is 16.5. The Labute approximate surface area is 142 Å². The molecular formula is C19H22N2O3. The van der Waals surface area contributed by atoms with Gasteiger partial charge >= 0.3 is 0 Å². The van der Waals surface area contributed by atoms with Gasteiger partial charge in [0.1, 0.15) is 11.5 Å². The number of benzene rings is 2. The Morgan fingerprint density at radius 1 is 1.08 bits per heavy atom. The summed E-state index contributed by atoms with van der Waals surface area (Å²) < 4.78 is 10.6. The Bertz CT molecular complexity index is 737. The van der Waals surface area contributed by atoms with Gasteiger partial charge in [-0.05, 0) is 49.2 Å². The third-order valence-electron chi connectivity index (χ3n) is 3.75. The third kappa shape index (κ3) is 4.13. The van der Waals surface area contributed by atoms with Crippen LogP contribution in [0.5, 0.6) is 11.5 Å². The molecule has 0 saturated carbocycles. The minimum atomic E-state index is -0.251. The number of hydrogen-bond donors (Lipinski definition) is 1. The Morgan fingerprint density at radius 3 is 2.38 bits per heavy atom. The van der Waals surface area contributed by atoms with Crippen molar-refractivity contribution in [3.05, 3.63) is 59.2 Å². The van der Waals surface area contributed by atoms with Gasteiger partial charge in [0.2, 0.25) is 0 Å². The van der Waals surface area contributed by atoms with Crippen molar-refractivity contribution in [2.45, 2.75) is 20.3 Å². The largest absolute Gasteiger partial charge is 0.497 e. The summed E-state index contributed by atoms with van der Waals surface area (Å²) in [6.07, 6.45) is 0.939. The Kier molecular flexibility index (Phi) is 5.95. The van der Waals surface area contributed by atoms with E-state index in [9.17, 15) is 4.79 Å². The number of nitrogens with one attached hydrogen (secondary N) is 1. The van der Waals surface area contributed by atoms with Gasteiger partial charge in [0.15, 0.2) is 0 Å². The molecule has 0 radical (unpaired) electrons. The topological polar surface area (TPSA) is 59.9 Å². The molecule has 1 N–H and O–H groups in total. The van der Waals surface area contributed by atoms with Gasteiger partial charge in [-0.1, -0.05) is 19.1 Å². The molecule has 0 aliphatic heterocycles. The van der Waals surface area contributed by atoms with Crippen molar-refractivity contribution in [3.63, 3.8) is 0 Å². The zero-order valence-corrected chi connectivity index (χ0v) is 14.4. The molecule has 0 fully saturated rings. The zero-order chi connectivity index (χ0) is 17.5. The van der Waals surface area contributed by atoms with Crippen molar-refractivity contribution >= 4 is 11.6 Å². The molecule has 2 aromatic carbocycles. The van der Waals surface area contributed by atoms with Crippen molar-refractivity contribution in [2.75, 3.05) is 14.2 Å². The van der Waals surface area contributed by atoms with Crippen LogP contribution in [0.2, 0.25) is 0 Å². The molecule has 0 aliphatic carbocycles. The SMILES string of the molecule is CCc1ccc(C(=O)N/N=C(/C)c2cc(OC)ccc2OC)cc1. The first-order valence-corrected chi connectivity index (χ1v) is 7.75. The van der Waals surface area contributed by atoms with Crippen LogP contribution >= 0.6 is 0 Å². The Balaban J connectivity index is 2.17. The Morgan fingerprint density at radius 2 is 1.79 bits per heavy atom. The monoisotopic (exact) mass is 326 g/mol. The number of aryl methyl sites for hydroxylation is 1. The molecule has 2 rings (SSSR count). The summed E-state index contributed by atoms with van der Waals surface area (Å²) in [6, 6.07) is 12.9. The number of carbonyl (C=O) groups excluding carboxylic acids is 1. The molecule has 0 aromatic heterocycles. The quantitative estimate of drug-likeness (QED) is 0.653. The maximum atomic E-state index is 12.2. The van der Waals surface area contributed by atoms with Crippen LogP contribution in [0.4, 0.5) is 0 Å². The minimum absolute atomic E-state index is 0.251. The first-order valence-electron chi connectivity index (χ1n) is 7.75. The fourth-order valence-corrected chi connectivity index (χ4v) is 2.25. The van der Waals surface area contributed by atoms with Crippen LogP contribution in [0.1, 0.15) is 35.3 Å². The summed E-state index contributed by atoms with van der Waals surface area (Å²) in [5.41, 5.74) is 5.73. The number of carbonyl (C=O) groups is 1. The number of nitrogens with zero attached hydrogens (tertiary/aromatic N) is 1. The molecule has 0 saturated heterocycles. The molecule has 0 bridgehead atoms. The highest BCUT2D eigenvalue weighted by Gasteiger charge is 2.10. The normalized spacial score (nSPS) is 11.1. The minimum Gasteiger partial charge on any atom is -0.497 e. The lowest BCUT2D eigenvalue weighted by Crippen LogP contribution is -2.19. The van der Waals surface area contributed by atoms with Crippen LogP contribution in [-0.4, -0.2) is 25.8 Å². The predicted molar refractivity (Wildman–Crippen MR) is 95.0 cm³/mol. The van der Waals surface area contributed by atoms with E-state index in [1.807, 2.05) is 24.3 Å². The zero-order valence-electron chi connectivity index (χ0n) is 14.4. The molecular weight excluding hydrogens is 304 g/mol. The smallest absolute Gasteiger partial charge is 0.271 e. The van der Waals surface area contributed by atoms with E-state index < -0.39 is 0 Å². The van der Waals surface area contributed by atoms with Crippen LogP contribution in [0.15, 0.2) is 47.6 Å². The molecule has 5 heteroatoms. The Hall–Kier alpha value is -2.82. The van der Waals surface area contributed by atoms with E-state index in [0.717, 1.165) is 12.0 Å². The van der Waals surface area contributed by atoms with Crippen LogP contribution < -0.4 is 14.9 Å². The molecule has 5 nitrogen and oxygen atoms in total. The lowest BCUT2D eigenvalue weighted by Gasteiger charge is -2.10. The second kappa shape index (κ2) is 8.15. The lowest BCUT2D eigenvalue weighted by molar-refractivity contribution is 0.0955. The van der Waals surface area contributed by atoms with Gasteiger partial charge in [-0.2, -0.15) is 5.10 Å². The summed E-state index contributed by atoms with van der Waals surface area (Å²) in [7, 11) is 3.19. The van der Waals surface area contributed by atoms with Crippen molar-refractivity contribution in [3.8, 4) is 11.5 Å². The number of rotatable bonds is 6. The van der Waals surface area contributed by atoms with Gasteiger partial charge < -0.3 is 9.47 Å². The van der Waals surface area contributed by atoms with E-state index in [1.54, 1.807) is 39.3 Å². The number of amides is 1. The van der Waals surface area contributed by atoms with Crippen LogP contribution in [0, 0.1) is 0 Å². The van der Waals surface area contributed by atoms with E-state index in [-0.39, 0.29) is 5.91 Å². The number of hydrazone groups is 1. The fourth-order valence-electron chi connectivity index (χ4n) is 2.25. The molecule has 0 aliphatic rings. The van der Waals surface area contributed by atoms with Gasteiger partial charge in [-0.15, -0.1) is 0 Å². The van der Waals surface area contributed by atoms with E-state index in [1.165, 1.54) is 5.56 Å². The number of hydrogen-bond acceptors (Lipinski definition) is 4. The predicted octanol–water partition coefficient (Wildman–Crippen LogP) is 3.42. The van der Waals surface area contributed by atoms with Gasteiger partial charge in [0.05, 0.1) is 19.9 Å². The lowest BCUT2D eigenvalue weighted by atomic mass is 10.1. The fraction of sp³-hybridized carbons (Fsp3) is 0.263. The summed E-state index contributed by atoms with van der Waals surface area (Å²) >= 11 is 0. The molecule has 1 amide bonds. The van der Waals surface area contributed by atoms with Gasteiger partial charge in [-0.25, -0.2) is 5.43 Å². The van der Waals surface area contributed by atoms with E-state index >= 15 is 0 Å². The standard InChI is InChI=1S/C19H22N2O3/c1-5-14-6-8-15(9-7-14)19(22)21-20-13(2)17-12-16(23-3)10-11-18(17)24-4/h6-12H,5H2,1-4H3,(H,21,22)/b20-13-. The van der Waals surface area contributed by atoms with Crippen molar-refractivity contribution < 1.29 is 14.3 Å². The highest BCUT2D eigenvalue weighted by Crippen LogP contribution is 2.24. The van der Waals surface area contributed by atoms with E-state index in [0.29, 0.717) is 22.8 Å². The molecule has 126 valence electrons. The molecule has 2 aromatic rings. The van der Waals surface area contributed by atoms with Crippen LogP contribution in [0.3, 0.4) is 0 Å². The second-order valence-corrected chi connectivity index (χ2v) is 5.25. The van der Waals surface area contributed by atoms with Gasteiger partial charge in [0, 0.05) is 11.1 Å². The molecule has 0 unspecified atom stereocenters. The van der Waals surface area contributed by atoms with Crippen molar-refractivity contribution in [2.24, 2.45) is 5.10 Å². The van der Waals surface area contributed by atoms with Crippen molar-refractivity contribution in [1.82, 2.24) is 5.43 Å². The highest BCUT2D eigenvalue weighted by molar-refractivity contribution is 6.03. The first kappa shape index (κ1) is 17.5. The maximum Gasteiger partial charge on any atom is 0.271 e. The van der Waals surface area contributed by atoms with Gasteiger partial charge in [0.25, 0.3) is 5.91 Å². The molecule has 0 atom stereocenters. The third-order valence-corrected chi connectivity index (χ3v) is 3.75. The van der Waals surface area contributed by atoms with E-state index in [2.05, 4.69) is 17.5 Å². The van der Waals surface area contributed by atoms with Gasteiger partial charge in [-0.3, -0.25) is 4.79 Å².